The summed E-state index contributed by atoms with van der Waals surface area (Å²) in [6.45, 7) is 2.00. The molecule has 4 nitrogen and oxygen atoms in total. The Morgan fingerprint density at radius 2 is 2.47 bits per heavy atom. The van der Waals surface area contributed by atoms with Crippen molar-refractivity contribution >= 4 is 23.4 Å². The van der Waals surface area contributed by atoms with Crippen molar-refractivity contribution in [3.05, 3.63) is 18.0 Å². The van der Waals surface area contributed by atoms with Crippen molar-refractivity contribution in [1.82, 2.24) is 10.3 Å². The summed E-state index contributed by atoms with van der Waals surface area (Å²) in [6.07, 6.45) is 4.64. The number of aromatic amines is 1. The van der Waals surface area contributed by atoms with E-state index in [1.165, 1.54) is 0 Å². The van der Waals surface area contributed by atoms with Crippen LogP contribution in [0.25, 0.3) is 0 Å². The average Bonchev–Trinajstić information content (AvgIpc) is 2.61. The molecular weight excluding hydrogens is 210 g/mol. The van der Waals surface area contributed by atoms with Gasteiger partial charge in [0.2, 0.25) is 0 Å². The zero-order chi connectivity index (χ0) is 11.3. The minimum absolute atomic E-state index is 0.0969. The highest BCUT2D eigenvalue weighted by atomic mass is 32.2. The van der Waals surface area contributed by atoms with Crippen molar-refractivity contribution in [2.24, 2.45) is 0 Å². The third kappa shape index (κ3) is 3.87. The number of thioether (sulfide) groups is 1. The first-order valence-corrected chi connectivity index (χ1v) is 6.26. The fourth-order valence-corrected chi connectivity index (χ4v) is 1.80. The normalized spacial score (nSPS) is 12.4. The number of hydrogen-bond acceptors (Lipinski definition) is 3. The van der Waals surface area contributed by atoms with Gasteiger partial charge in [-0.15, -0.1) is 0 Å². The summed E-state index contributed by atoms with van der Waals surface area (Å²) >= 11 is 1.78. The maximum atomic E-state index is 11.6. The number of anilines is 1. The van der Waals surface area contributed by atoms with E-state index in [9.17, 15) is 4.79 Å². The summed E-state index contributed by atoms with van der Waals surface area (Å²) < 4.78 is 0. The second-order valence-corrected chi connectivity index (χ2v) is 4.49. The number of aromatic nitrogens is 1. The molecule has 0 saturated heterocycles. The van der Waals surface area contributed by atoms with Crippen LogP contribution in [0.1, 0.15) is 23.8 Å². The molecule has 84 valence electrons. The average molecular weight is 227 g/mol. The predicted molar refractivity (Wildman–Crippen MR) is 65.1 cm³/mol. The zero-order valence-electron chi connectivity index (χ0n) is 9.04. The van der Waals surface area contributed by atoms with Crippen LogP contribution in [0.2, 0.25) is 0 Å². The quantitative estimate of drug-likeness (QED) is 0.713. The SMILES string of the molecule is CSCCC(C)NC(=O)c1cc(N)c[nH]1. The number of rotatable bonds is 5. The Hall–Kier alpha value is -1.10. The monoisotopic (exact) mass is 227 g/mol. The molecule has 0 radical (unpaired) electrons. The Bertz CT molecular complexity index is 324. The van der Waals surface area contributed by atoms with E-state index in [1.54, 1.807) is 24.0 Å². The topological polar surface area (TPSA) is 70.9 Å². The Balaban J connectivity index is 2.42. The summed E-state index contributed by atoms with van der Waals surface area (Å²) in [5.74, 6) is 0.953. The van der Waals surface area contributed by atoms with Crippen LogP contribution in [0.4, 0.5) is 5.69 Å². The molecule has 1 amide bonds. The van der Waals surface area contributed by atoms with Gasteiger partial charge >= 0.3 is 0 Å². The fourth-order valence-electron chi connectivity index (χ4n) is 1.21. The predicted octanol–water partition coefficient (Wildman–Crippen LogP) is 1.47. The first kappa shape index (κ1) is 12.0. The van der Waals surface area contributed by atoms with E-state index in [1.807, 2.05) is 6.92 Å². The van der Waals surface area contributed by atoms with Gasteiger partial charge in [-0.3, -0.25) is 4.79 Å². The van der Waals surface area contributed by atoms with Crippen molar-refractivity contribution in [2.45, 2.75) is 19.4 Å². The molecule has 0 spiro atoms. The summed E-state index contributed by atoms with van der Waals surface area (Å²) in [7, 11) is 0. The smallest absolute Gasteiger partial charge is 0.267 e. The van der Waals surface area contributed by atoms with E-state index in [0.717, 1.165) is 12.2 Å². The van der Waals surface area contributed by atoms with Crippen molar-refractivity contribution < 1.29 is 4.79 Å². The van der Waals surface area contributed by atoms with Gasteiger partial charge in [0.05, 0.1) is 0 Å². The number of H-pyrrole nitrogens is 1. The molecular formula is C10H17N3OS. The van der Waals surface area contributed by atoms with Crippen molar-refractivity contribution in [2.75, 3.05) is 17.7 Å². The first-order chi connectivity index (χ1) is 7.13. The third-order valence-electron chi connectivity index (χ3n) is 2.08. The number of carbonyl (C=O) groups is 1. The number of amides is 1. The van der Waals surface area contributed by atoms with Gasteiger partial charge in [0, 0.05) is 17.9 Å². The van der Waals surface area contributed by atoms with Gasteiger partial charge in [0.15, 0.2) is 0 Å². The highest BCUT2D eigenvalue weighted by Gasteiger charge is 2.10. The van der Waals surface area contributed by atoms with Gasteiger partial charge in [-0.1, -0.05) is 0 Å². The van der Waals surface area contributed by atoms with Gasteiger partial charge in [0.25, 0.3) is 5.91 Å². The van der Waals surface area contributed by atoms with E-state index >= 15 is 0 Å². The molecule has 0 saturated carbocycles. The molecule has 1 heterocycles. The lowest BCUT2D eigenvalue weighted by Crippen LogP contribution is -2.33. The summed E-state index contributed by atoms with van der Waals surface area (Å²) in [5, 5.41) is 2.91. The van der Waals surface area contributed by atoms with Gasteiger partial charge in [-0.25, -0.2) is 0 Å². The zero-order valence-corrected chi connectivity index (χ0v) is 9.86. The molecule has 0 aliphatic carbocycles. The molecule has 15 heavy (non-hydrogen) atoms. The molecule has 0 aliphatic heterocycles. The number of nitrogens with two attached hydrogens (primary N) is 1. The maximum absolute atomic E-state index is 11.6. The second-order valence-electron chi connectivity index (χ2n) is 3.50. The van der Waals surface area contributed by atoms with E-state index in [0.29, 0.717) is 11.4 Å². The second kappa shape index (κ2) is 5.70. The van der Waals surface area contributed by atoms with Crippen molar-refractivity contribution in [3.63, 3.8) is 0 Å². The standard InChI is InChI=1S/C10H17N3OS/c1-7(3-4-15-2)13-10(14)9-5-8(11)6-12-9/h5-7,12H,3-4,11H2,1-2H3,(H,13,14). The molecule has 0 bridgehead atoms. The Kier molecular flexibility index (Phi) is 4.55. The molecule has 0 fully saturated rings. The molecule has 1 unspecified atom stereocenters. The van der Waals surface area contributed by atoms with Gasteiger partial charge in [0.1, 0.15) is 5.69 Å². The molecule has 1 atom stereocenters. The minimum Gasteiger partial charge on any atom is -0.397 e. The van der Waals surface area contributed by atoms with E-state index < -0.39 is 0 Å². The molecule has 0 aromatic carbocycles. The van der Waals surface area contributed by atoms with Crippen molar-refractivity contribution in [3.8, 4) is 0 Å². The largest absolute Gasteiger partial charge is 0.397 e. The van der Waals surface area contributed by atoms with Gasteiger partial charge in [-0.05, 0) is 31.4 Å². The van der Waals surface area contributed by atoms with E-state index in [-0.39, 0.29) is 11.9 Å². The Labute approximate surface area is 94.0 Å². The Morgan fingerprint density at radius 1 is 1.73 bits per heavy atom. The number of nitrogen functional groups attached to an aromatic ring is 1. The van der Waals surface area contributed by atoms with Gasteiger partial charge < -0.3 is 16.0 Å². The highest BCUT2D eigenvalue weighted by Crippen LogP contribution is 2.05. The van der Waals surface area contributed by atoms with Crippen LogP contribution < -0.4 is 11.1 Å². The number of hydrogen-bond donors (Lipinski definition) is 3. The first-order valence-electron chi connectivity index (χ1n) is 4.87. The lowest BCUT2D eigenvalue weighted by molar-refractivity contribution is 0.0935. The van der Waals surface area contributed by atoms with Crippen LogP contribution in [0.5, 0.6) is 0 Å². The third-order valence-corrected chi connectivity index (χ3v) is 2.73. The van der Waals surface area contributed by atoms with Crippen LogP contribution in [0, 0.1) is 0 Å². The minimum atomic E-state index is -0.0969. The highest BCUT2D eigenvalue weighted by molar-refractivity contribution is 7.98. The maximum Gasteiger partial charge on any atom is 0.267 e. The van der Waals surface area contributed by atoms with Crippen LogP contribution >= 0.6 is 11.8 Å². The molecule has 1 rings (SSSR count). The van der Waals surface area contributed by atoms with Crippen LogP contribution in [0.15, 0.2) is 12.3 Å². The summed E-state index contributed by atoms with van der Waals surface area (Å²) in [4.78, 5) is 14.5. The Morgan fingerprint density at radius 3 is 3.00 bits per heavy atom. The lowest BCUT2D eigenvalue weighted by Gasteiger charge is -2.12. The van der Waals surface area contributed by atoms with Gasteiger partial charge in [-0.2, -0.15) is 11.8 Å². The molecule has 1 aromatic rings. The van der Waals surface area contributed by atoms with Crippen molar-refractivity contribution in [1.29, 1.82) is 0 Å². The van der Waals surface area contributed by atoms with Crippen LogP contribution in [-0.2, 0) is 0 Å². The summed E-state index contributed by atoms with van der Waals surface area (Å²) in [5.41, 5.74) is 6.61. The van der Waals surface area contributed by atoms with E-state index in [2.05, 4.69) is 16.6 Å². The molecule has 5 heteroatoms. The molecule has 0 aliphatic rings. The molecule has 1 aromatic heterocycles. The van der Waals surface area contributed by atoms with E-state index in [4.69, 9.17) is 5.73 Å². The summed E-state index contributed by atoms with van der Waals surface area (Å²) in [6, 6.07) is 1.82. The molecule has 4 N–H and O–H groups in total. The van der Waals surface area contributed by atoms with Crippen LogP contribution in [-0.4, -0.2) is 28.9 Å². The number of carbonyl (C=O) groups excluding carboxylic acids is 1. The van der Waals surface area contributed by atoms with Crippen LogP contribution in [0.3, 0.4) is 0 Å². The number of nitrogens with one attached hydrogen (secondary N) is 2. The fraction of sp³-hybridized carbons (Fsp3) is 0.500. The lowest BCUT2D eigenvalue weighted by atomic mass is 10.2.